The molecule has 8 nitrogen and oxygen atoms in total. The minimum Gasteiger partial charge on any atom is -0.508 e. The van der Waals surface area contributed by atoms with Crippen molar-refractivity contribution in [3.05, 3.63) is 64.2 Å². The number of aryl methyl sites for hydroxylation is 1. The molecule has 0 aliphatic heterocycles. The van der Waals surface area contributed by atoms with E-state index < -0.39 is 19.9 Å². The van der Waals surface area contributed by atoms with E-state index in [1.165, 1.54) is 12.1 Å². The molecule has 26 heavy (non-hydrogen) atoms. The molecule has 0 spiro atoms. The van der Waals surface area contributed by atoms with Crippen molar-refractivity contribution in [1.82, 2.24) is 0 Å². The molecule has 0 aromatic heterocycles. The molecule has 0 radical (unpaired) electrons. The van der Waals surface area contributed by atoms with Gasteiger partial charge in [-0.3, -0.25) is 14.7 Å². The number of nitro benzene ring substituents is 1. The lowest BCUT2D eigenvalue weighted by atomic mass is 10.1. The van der Waals surface area contributed by atoms with E-state index in [0.717, 1.165) is 6.07 Å². The van der Waals surface area contributed by atoms with E-state index in [0.29, 0.717) is 22.3 Å². The summed E-state index contributed by atoms with van der Waals surface area (Å²) in [5, 5.41) is 24.3. The third-order valence-corrected chi connectivity index (χ3v) is 4.77. The number of benzene rings is 3. The first-order valence-corrected chi connectivity index (χ1v) is 8.86. The minimum atomic E-state index is -4.60. The Labute approximate surface area is 148 Å². The van der Waals surface area contributed by atoms with E-state index in [-0.39, 0.29) is 16.8 Å². The molecule has 134 valence electrons. The van der Waals surface area contributed by atoms with Gasteiger partial charge in [0.25, 0.3) is 15.8 Å². The molecule has 0 amide bonds. The summed E-state index contributed by atoms with van der Waals surface area (Å²) < 4.78 is 32.9. The van der Waals surface area contributed by atoms with Gasteiger partial charge in [0.15, 0.2) is 0 Å². The lowest BCUT2D eigenvalue weighted by Crippen LogP contribution is -2.02. The van der Waals surface area contributed by atoms with Crippen LogP contribution >= 0.6 is 0 Å². The van der Waals surface area contributed by atoms with Crippen molar-refractivity contribution in [2.24, 2.45) is 0 Å². The molecule has 0 fully saturated rings. The Kier molecular flexibility index (Phi) is 4.26. The number of aromatic hydroxyl groups is 1. The van der Waals surface area contributed by atoms with Crippen molar-refractivity contribution >= 4 is 38.0 Å². The van der Waals surface area contributed by atoms with Crippen LogP contribution in [0.4, 0.5) is 17.1 Å². The van der Waals surface area contributed by atoms with Gasteiger partial charge in [0.05, 0.1) is 4.92 Å². The SMILES string of the molecule is Cc1ccc(Nc2cccc3cc(O)cc(S(=O)(=O)O)c23)cc1[N+](=O)[O-]. The second kappa shape index (κ2) is 6.28. The van der Waals surface area contributed by atoms with Crippen LogP contribution in [0.2, 0.25) is 0 Å². The molecule has 0 aliphatic carbocycles. The molecule has 0 unspecified atom stereocenters. The number of phenolic OH excluding ortho intramolecular Hbond substituents is 1. The first-order valence-electron chi connectivity index (χ1n) is 7.42. The van der Waals surface area contributed by atoms with Gasteiger partial charge in [0, 0.05) is 34.5 Å². The Hall–Kier alpha value is -3.17. The van der Waals surface area contributed by atoms with Crippen LogP contribution in [0.1, 0.15) is 5.56 Å². The summed E-state index contributed by atoms with van der Waals surface area (Å²) in [7, 11) is -4.60. The van der Waals surface area contributed by atoms with Gasteiger partial charge in [-0.2, -0.15) is 8.42 Å². The number of rotatable bonds is 4. The second-order valence-corrected chi connectivity index (χ2v) is 7.10. The normalized spacial score (nSPS) is 11.5. The Bertz CT molecular complexity index is 1140. The molecular weight excluding hydrogens is 360 g/mol. The van der Waals surface area contributed by atoms with Crippen molar-refractivity contribution in [1.29, 1.82) is 0 Å². The summed E-state index contributed by atoms with van der Waals surface area (Å²) in [5.41, 5.74) is 1.10. The van der Waals surface area contributed by atoms with E-state index in [4.69, 9.17) is 0 Å². The van der Waals surface area contributed by atoms with Gasteiger partial charge in [0.1, 0.15) is 10.6 Å². The smallest absolute Gasteiger partial charge is 0.295 e. The topological polar surface area (TPSA) is 130 Å². The second-order valence-electron chi connectivity index (χ2n) is 5.71. The zero-order valence-electron chi connectivity index (χ0n) is 13.5. The molecule has 0 aliphatic rings. The number of anilines is 2. The highest BCUT2D eigenvalue weighted by Gasteiger charge is 2.19. The van der Waals surface area contributed by atoms with Crippen LogP contribution in [0.15, 0.2) is 53.4 Å². The summed E-state index contributed by atoms with van der Waals surface area (Å²) >= 11 is 0. The molecular formula is C17H14N2O6S. The maximum Gasteiger partial charge on any atom is 0.295 e. The zero-order chi connectivity index (χ0) is 19.1. The van der Waals surface area contributed by atoms with Crippen molar-refractivity contribution in [2.75, 3.05) is 5.32 Å². The fraction of sp³-hybridized carbons (Fsp3) is 0.0588. The van der Waals surface area contributed by atoms with Gasteiger partial charge < -0.3 is 10.4 Å². The van der Waals surface area contributed by atoms with E-state index >= 15 is 0 Å². The maximum absolute atomic E-state index is 11.7. The summed E-state index contributed by atoms with van der Waals surface area (Å²) in [6.45, 7) is 1.61. The van der Waals surface area contributed by atoms with Crippen molar-refractivity contribution < 1.29 is 23.0 Å². The number of nitrogens with one attached hydrogen (secondary N) is 1. The van der Waals surface area contributed by atoms with E-state index in [1.807, 2.05) is 0 Å². The van der Waals surface area contributed by atoms with E-state index in [1.54, 1.807) is 37.3 Å². The average molecular weight is 374 g/mol. The number of phenols is 1. The van der Waals surface area contributed by atoms with Crippen molar-refractivity contribution in [3.63, 3.8) is 0 Å². The molecule has 0 saturated carbocycles. The Morgan fingerprint density at radius 2 is 1.85 bits per heavy atom. The molecule has 3 aromatic carbocycles. The van der Waals surface area contributed by atoms with Crippen LogP contribution in [0, 0.1) is 17.0 Å². The summed E-state index contributed by atoms with van der Waals surface area (Å²) in [6.07, 6.45) is 0. The Morgan fingerprint density at radius 1 is 1.12 bits per heavy atom. The predicted molar refractivity (Wildman–Crippen MR) is 96.5 cm³/mol. The highest BCUT2D eigenvalue weighted by molar-refractivity contribution is 7.86. The first kappa shape index (κ1) is 17.6. The van der Waals surface area contributed by atoms with Gasteiger partial charge in [-0.15, -0.1) is 0 Å². The van der Waals surface area contributed by atoms with Gasteiger partial charge in [-0.25, -0.2) is 0 Å². The number of hydrogen-bond donors (Lipinski definition) is 3. The standard InChI is InChI=1S/C17H14N2O6S/c1-10-5-6-12(8-15(10)19(21)22)18-14-4-2-3-11-7-13(20)9-16(17(11)14)26(23,24)25/h2-9,18,20H,1H3,(H,23,24,25). The van der Waals surface area contributed by atoms with Crippen LogP contribution in [0.3, 0.4) is 0 Å². The predicted octanol–water partition coefficient (Wildman–Crippen LogP) is 3.75. The number of hydrogen-bond acceptors (Lipinski definition) is 6. The van der Waals surface area contributed by atoms with Crippen LogP contribution in [0.5, 0.6) is 5.75 Å². The Morgan fingerprint density at radius 3 is 2.50 bits per heavy atom. The van der Waals surface area contributed by atoms with Crippen molar-refractivity contribution in [2.45, 2.75) is 11.8 Å². The zero-order valence-corrected chi connectivity index (χ0v) is 14.3. The Balaban J connectivity index is 2.21. The highest BCUT2D eigenvalue weighted by atomic mass is 32.2. The molecule has 3 rings (SSSR count). The van der Waals surface area contributed by atoms with Gasteiger partial charge in [0.2, 0.25) is 0 Å². The molecule has 0 saturated heterocycles. The lowest BCUT2D eigenvalue weighted by molar-refractivity contribution is -0.385. The number of nitro groups is 1. The maximum atomic E-state index is 11.7. The van der Waals surface area contributed by atoms with Crippen LogP contribution in [-0.2, 0) is 10.1 Å². The quantitative estimate of drug-likeness (QED) is 0.360. The summed E-state index contributed by atoms with van der Waals surface area (Å²) in [6, 6.07) is 11.6. The molecule has 3 N–H and O–H groups in total. The van der Waals surface area contributed by atoms with E-state index in [2.05, 4.69) is 5.32 Å². The van der Waals surface area contributed by atoms with Gasteiger partial charge in [-0.1, -0.05) is 18.2 Å². The number of nitrogens with zero attached hydrogens (tertiary/aromatic N) is 1. The van der Waals surface area contributed by atoms with Crippen molar-refractivity contribution in [3.8, 4) is 5.75 Å². The molecule has 0 atom stereocenters. The minimum absolute atomic E-state index is 0.0807. The fourth-order valence-electron chi connectivity index (χ4n) is 2.72. The van der Waals surface area contributed by atoms with Gasteiger partial charge >= 0.3 is 0 Å². The molecule has 0 bridgehead atoms. The highest BCUT2D eigenvalue weighted by Crippen LogP contribution is 2.35. The summed E-state index contributed by atoms with van der Waals surface area (Å²) in [4.78, 5) is 10.1. The first-order chi connectivity index (χ1) is 12.2. The molecule has 9 heteroatoms. The largest absolute Gasteiger partial charge is 0.508 e. The third-order valence-electron chi connectivity index (χ3n) is 3.89. The van der Waals surface area contributed by atoms with Gasteiger partial charge in [-0.05, 0) is 30.5 Å². The van der Waals surface area contributed by atoms with Crippen LogP contribution in [-0.4, -0.2) is 23.0 Å². The average Bonchev–Trinajstić information content (AvgIpc) is 2.54. The van der Waals surface area contributed by atoms with E-state index in [9.17, 15) is 28.2 Å². The lowest BCUT2D eigenvalue weighted by Gasteiger charge is -2.13. The third kappa shape index (κ3) is 3.30. The molecule has 3 aromatic rings. The number of fused-ring (bicyclic) bond motifs is 1. The monoisotopic (exact) mass is 374 g/mol. The fourth-order valence-corrected chi connectivity index (χ4v) is 3.48. The van der Waals surface area contributed by atoms with Crippen LogP contribution < -0.4 is 5.32 Å². The van der Waals surface area contributed by atoms with Crippen LogP contribution in [0.25, 0.3) is 10.8 Å². The summed E-state index contributed by atoms with van der Waals surface area (Å²) in [5.74, 6) is -0.312. The molecule has 0 heterocycles.